The third-order valence-electron chi connectivity index (χ3n) is 3.78. The fraction of sp³-hybridized carbons (Fsp3) is 0.588. The lowest BCUT2D eigenvalue weighted by atomic mass is 10.1. The van der Waals surface area contributed by atoms with Crippen LogP contribution in [-0.4, -0.2) is 57.6 Å². The number of ether oxygens (including phenoxy) is 1. The van der Waals surface area contributed by atoms with Crippen molar-refractivity contribution in [2.24, 2.45) is 0 Å². The van der Waals surface area contributed by atoms with E-state index < -0.39 is 11.5 Å². The van der Waals surface area contributed by atoms with Crippen LogP contribution in [0.1, 0.15) is 45.0 Å². The Morgan fingerprint density at radius 1 is 1.21 bits per heavy atom. The van der Waals surface area contributed by atoms with Gasteiger partial charge in [0.15, 0.2) is 0 Å². The van der Waals surface area contributed by atoms with E-state index in [-0.39, 0.29) is 24.1 Å². The predicted molar refractivity (Wildman–Crippen MR) is 87.1 cm³/mol. The lowest BCUT2D eigenvalue weighted by molar-refractivity contribution is -0.0130. The molecule has 1 fully saturated rings. The van der Waals surface area contributed by atoms with E-state index in [4.69, 9.17) is 4.74 Å². The molecule has 2 atom stereocenters. The van der Waals surface area contributed by atoms with E-state index in [2.05, 4.69) is 4.98 Å². The van der Waals surface area contributed by atoms with Crippen molar-refractivity contribution in [3.8, 4) is 0 Å². The van der Waals surface area contributed by atoms with Crippen LogP contribution in [0.2, 0.25) is 0 Å². The van der Waals surface area contributed by atoms with Gasteiger partial charge in [-0.05, 0) is 46.8 Å². The van der Waals surface area contributed by atoms with Crippen LogP contribution in [0.15, 0.2) is 18.3 Å². The van der Waals surface area contributed by atoms with Crippen LogP contribution >= 0.6 is 0 Å². The number of nitrogens with zero attached hydrogens (tertiary/aromatic N) is 3. The maximum atomic E-state index is 12.9. The number of piperazine rings is 1. The van der Waals surface area contributed by atoms with Crippen LogP contribution in [0.4, 0.5) is 9.18 Å². The zero-order valence-corrected chi connectivity index (χ0v) is 14.7. The SMILES string of the molecule is CC1CN(C(=O)c2ccc(F)nc2)CC(C)N1C(=O)OC(C)(C)C. The highest BCUT2D eigenvalue weighted by Gasteiger charge is 2.37. The maximum absolute atomic E-state index is 12.9. The Morgan fingerprint density at radius 3 is 2.25 bits per heavy atom. The zero-order chi connectivity index (χ0) is 18.1. The molecule has 0 spiro atoms. The maximum Gasteiger partial charge on any atom is 0.410 e. The largest absolute Gasteiger partial charge is 0.444 e. The summed E-state index contributed by atoms with van der Waals surface area (Å²) in [6.07, 6.45) is 0.853. The quantitative estimate of drug-likeness (QED) is 0.739. The summed E-state index contributed by atoms with van der Waals surface area (Å²) >= 11 is 0. The summed E-state index contributed by atoms with van der Waals surface area (Å²) in [4.78, 5) is 31.7. The minimum atomic E-state index is -0.622. The Kier molecular flexibility index (Phi) is 5.11. The first-order valence-electron chi connectivity index (χ1n) is 8.00. The molecule has 1 aliphatic heterocycles. The van der Waals surface area contributed by atoms with Gasteiger partial charge in [-0.3, -0.25) is 9.69 Å². The molecule has 2 heterocycles. The monoisotopic (exact) mass is 337 g/mol. The lowest BCUT2D eigenvalue weighted by Crippen LogP contribution is -2.60. The van der Waals surface area contributed by atoms with Gasteiger partial charge in [-0.15, -0.1) is 0 Å². The fourth-order valence-electron chi connectivity index (χ4n) is 2.85. The highest BCUT2D eigenvalue weighted by molar-refractivity contribution is 5.94. The Balaban J connectivity index is 2.08. The number of hydrogen-bond acceptors (Lipinski definition) is 4. The average Bonchev–Trinajstić information content (AvgIpc) is 2.44. The molecule has 2 amide bonds. The van der Waals surface area contributed by atoms with Crippen LogP contribution in [0.5, 0.6) is 0 Å². The summed E-state index contributed by atoms with van der Waals surface area (Å²) in [6.45, 7) is 10.00. The van der Waals surface area contributed by atoms with E-state index in [1.165, 1.54) is 12.3 Å². The lowest BCUT2D eigenvalue weighted by Gasteiger charge is -2.44. The van der Waals surface area contributed by atoms with Gasteiger partial charge >= 0.3 is 6.09 Å². The zero-order valence-electron chi connectivity index (χ0n) is 14.7. The topological polar surface area (TPSA) is 62.7 Å². The molecule has 132 valence electrons. The van der Waals surface area contributed by atoms with Crippen molar-refractivity contribution in [1.29, 1.82) is 0 Å². The molecule has 2 unspecified atom stereocenters. The van der Waals surface area contributed by atoms with Crippen molar-refractivity contribution >= 4 is 12.0 Å². The molecule has 0 radical (unpaired) electrons. The number of amides is 2. The number of rotatable bonds is 1. The summed E-state index contributed by atoms with van der Waals surface area (Å²) < 4.78 is 18.3. The molecule has 6 nitrogen and oxygen atoms in total. The minimum absolute atomic E-state index is 0.180. The second-order valence-electron chi connectivity index (χ2n) is 7.17. The van der Waals surface area contributed by atoms with E-state index in [1.807, 2.05) is 34.6 Å². The summed E-state index contributed by atoms with van der Waals surface area (Å²) in [7, 11) is 0. The molecule has 1 aromatic rings. The van der Waals surface area contributed by atoms with Crippen LogP contribution < -0.4 is 0 Å². The van der Waals surface area contributed by atoms with Crippen molar-refractivity contribution in [2.75, 3.05) is 13.1 Å². The first-order chi connectivity index (χ1) is 11.1. The average molecular weight is 337 g/mol. The molecule has 1 aromatic heterocycles. The molecule has 7 heteroatoms. The molecule has 0 aromatic carbocycles. The van der Waals surface area contributed by atoms with Gasteiger partial charge < -0.3 is 9.64 Å². The predicted octanol–water partition coefficient (Wildman–Crippen LogP) is 2.69. The first-order valence-corrected chi connectivity index (χ1v) is 8.00. The Bertz CT molecular complexity index is 601. The molecule has 0 N–H and O–H groups in total. The third-order valence-corrected chi connectivity index (χ3v) is 3.78. The van der Waals surface area contributed by atoms with Gasteiger partial charge in [0, 0.05) is 19.3 Å². The number of halogens is 1. The minimum Gasteiger partial charge on any atom is -0.444 e. The van der Waals surface area contributed by atoms with Crippen LogP contribution in [0.25, 0.3) is 0 Å². The van der Waals surface area contributed by atoms with Crippen molar-refractivity contribution in [1.82, 2.24) is 14.8 Å². The normalized spacial score (nSPS) is 21.6. The van der Waals surface area contributed by atoms with Crippen molar-refractivity contribution < 1.29 is 18.7 Å². The van der Waals surface area contributed by atoms with Crippen LogP contribution in [-0.2, 0) is 4.74 Å². The Labute approximate surface area is 141 Å². The van der Waals surface area contributed by atoms with Crippen molar-refractivity contribution in [3.05, 3.63) is 29.8 Å². The fourth-order valence-corrected chi connectivity index (χ4v) is 2.85. The van der Waals surface area contributed by atoms with E-state index in [9.17, 15) is 14.0 Å². The number of carbonyl (C=O) groups is 2. The standard InChI is InChI=1S/C17H24FN3O3/c1-11-9-20(15(22)13-6-7-14(18)19-8-13)10-12(2)21(11)16(23)24-17(3,4)5/h6-8,11-12H,9-10H2,1-5H3. The smallest absolute Gasteiger partial charge is 0.410 e. The summed E-state index contributed by atoms with van der Waals surface area (Å²) in [5, 5.41) is 0. The molecular weight excluding hydrogens is 313 g/mol. The van der Waals surface area contributed by atoms with Gasteiger partial charge in [0.05, 0.1) is 17.6 Å². The van der Waals surface area contributed by atoms with E-state index in [0.29, 0.717) is 18.7 Å². The van der Waals surface area contributed by atoms with Gasteiger partial charge in [0.25, 0.3) is 5.91 Å². The van der Waals surface area contributed by atoms with Gasteiger partial charge in [-0.25, -0.2) is 9.78 Å². The van der Waals surface area contributed by atoms with E-state index in [0.717, 1.165) is 6.07 Å². The summed E-state index contributed by atoms with van der Waals surface area (Å²) in [5.74, 6) is -0.840. The number of carbonyl (C=O) groups excluding carboxylic acids is 2. The molecule has 1 saturated heterocycles. The Morgan fingerprint density at radius 2 is 1.79 bits per heavy atom. The third kappa shape index (κ3) is 4.21. The highest BCUT2D eigenvalue weighted by Crippen LogP contribution is 2.21. The van der Waals surface area contributed by atoms with Crippen LogP contribution in [0, 0.1) is 5.95 Å². The second-order valence-corrected chi connectivity index (χ2v) is 7.17. The Hall–Kier alpha value is -2.18. The number of pyridine rings is 1. The van der Waals surface area contributed by atoms with E-state index in [1.54, 1.807) is 9.80 Å². The molecular formula is C17H24FN3O3. The second kappa shape index (κ2) is 6.75. The van der Waals surface area contributed by atoms with Crippen molar-refractivity contribution in [3.63, 3.8) is 0 Å². The van der Waals surface area contributed by atoms with Gasteiger partial charge in [-0.1, -0.05) is 0 Å². The van der Waals surface area contributed by atoms with Gasteiger partial charge in [0.2, 0.25) is 5.95 Å². The van der Waals surface area contributed by atoms with Gasteiger partial charge in [-0.2, -0.15) is 4.39 Å². The first kappa shape index (κ1) is 18.2. The van der Waals surface area contributed by atoms with E-state index >= 15 is 0 Å². The van der Waals surface area contributed by atoms with Crippen molar-refractivity contribution in [2.45, 2.75) is 52.3 Å². The van der Waals surface area contributed by atoms with Crippen LogP contribution in [0.3, 0.4) is 0 Å². The summed E-state index contributed by atoms with van der Waals surface area (Å²) in [5.41, 5.74) is -0.231. The molecule has 2 rings (SSSR count). The van der Waals surface area contributed by atoms with Gasteiger partial charge in [0.1, 0.15) is 5.60 Å². The molecule has 0 saturated carbocycles. The number of aromatic nitrogens is 1. The number of hydrogen-bond donors (Lipinski definition) is 0. The summed E-state index contributed by atoms with van der Waals surface area (Å²) in [6, 6.07) is 2.22. The molecule has 0 aliphatic carbocycles. The molecule has 0 bridgehead atoms. The molecule has 24 heavy (non-hydrogen) atoms. The highest BCUT2D eigenvalue weighted by atomic mass is 19.1. The molecule has 1 aliphatic rings.